The predicted octanol–water partition coefficient (Wildman–Crippen LogP) is 3.50. The Labute approximate surface area is 153 Å². The number of hydrogen-bond donors (Lipinski definition) is 1. The first kappa shape index (κ1) is 18.0. The lowest BCUT2D eigenvalue weighted by Crippen LogP contribution is -2.24. The molecule has 0 aliphatic heterocycles. The zero-order valence-corrected chi connectivity index (χ0v) is 16.1. The van der Waals surface area contributed by atoms with Gasteiger partial charge in [0.2, 0.25) is 5.88 Å². The number of carbonyl (C=O) groups excluding carboxylic acids is 1. The summed E-state index contributed by atoms with van der Waals surface area (Å²) in [6.07, 6.45) is 3.66. The maximum Gasteiger partial charge on any atom is 0.269 e. The molecule has 7 nitrogen and oxygen atoms in total. The molecule has 138 valence electrons. The molecule has 0 saturated carbocycles. The van der Waals surface area contributed by atoms with Gasteiger partial charge in [-0.25, -0.2) is 4.98 Å². The summed E-state index contributed by atoms with van der Waals surface area (Å²) >= 11 is 0. The molecule has 0 unspecified atom stereocenters. The molecule has 26 heavy (non-hydrogen) atoms. The highest BCUT2D eigenvalue weighted by Gasteiger charge is 2.22. The number of pyridine rings is 1. The average Bonchev–Trinajstić information content (AvgIpc) is 3.17. The average molecular weight is 355 g/mol. The second kappa shape index (κ2) is 6.82. The predicted molar refractivity (Wildman–Crippen MR) is 101 cm³/mol. The second-order valence-electron chi connectivity index (χ2n) is 7.09. The van der Waals surface area contributed by atoms with Crippen molar-refractivity contribution >= 4 is 16.8 Å². The summed E-state index contributed by atoms with van der Waals surface area (Å²) in [7, 11) is 3.50. The van der Waals surface area contributed by atoms with E-state index in [0.29, 0.717) is 11.6 Å². The SMILES string of the molecule is CC(C)Oc1nccc2[nH]nc(-c3cc(C(=O)N(C)C)n(C(C)C)c3)c12. The lowest BCUT2D eigenvalue weighted by Gasteiger charge is -2.15. The molecule has 0 spiro atoms. The van der Waals surface area contributed by atoms with Crippen molar-refractivity contribution in [2.75, 3.05) is 14.1 Å². The van der Waals surface area contributed by atoms with Crippen LogP contribution in [0, 0.1) is 0 Å². The van der Waals surface area contributed by atoms with Crippen LogP contribution in [0.5, 0.6) is 5.88 Å². The molecule has 0 aliphatic carbocycles. The van der Waals surface area contributed by atoms with Gasteiger partial charge >= 0.3 is 0 Å². The fraction of sp³-hybridized carbons (Fsp3) is 0.421. The number of aromatic nitrogens is 4. The molecule has 3 rings (SSSR count). The zero-order chi connectivity index (χ0) is 19.0. The van der Waals surface area contributed by atoms with Gasteiger partial charge in [-0.1, -0.05) is 0 Å². The third kappa shape index (κ3) is 3.16. The van der Waals surface area contributed by atoms with E-state index in [1.165, 1.54) is 0 Å². The topological polar surface area (TPSA) is 76.0 Å². The van der Waals surface area contributed by atoms with Gasteiger partial charge in [0.25, 0.3) is 5.91 Å². The Morgan fingerprint density at radius 3 is 2.62 bits per heavy atom. The van der Waals surface area contributed by atoms with Crippen LogP contribution < -0.4 is 4.74 Å². The standard InChI is InChI=1S/C19H25N5O2/c1-11(2)24-10-13(9-15(24)19(25)23(5)6)17-16-14(21-22-17)7-8-20-18(16)26-12(3)4/h7-12H,1-6H3,(H,21,22). The van der Waals surface area contributed by atoms with Gasteiger partial charge < -0.3 is 14.2 Å². The van der Waals surface area contributed by atoms with Gasteiger partial charge in [0.15, 0.2) is 0 Å². The van der Waals surface area contributed by atoms with Crippen LogP contribution in [0.1, 0.15) is 44.2 Å². The minimum atomic E-state index is -0.0402. The fourth-order valence-corrected chi connectivity index (χ4v) is 2.89. The lowest BCUT2D eigenvalue weighted by molar-refractivity contribution is 0.0815. The summed E-state index contributed by atoms with van der Waals surface area (Å²) in [6.45, 7) is 8.02. The molecule has 0 radical (unpaired) electrons. The van der Waals surface area contributed by atoms with Crippen molar-refractivity contribution in [3.63, 3.8) is 0 Å². The lowest BCUT2D eigenvalue weighted by atomic mass is 10.1. The van der Waals surface area contributed by atoms with E-state index in [-0.39, 0.29) is 18.1 Å². The molecule has 7 heteroatoms. The molecule has 0 atom stereocenters. The third-order valence-corrected chi connectivity index (χ3v) is 4.09. The number of rotatable bonds is 5. The number of H-pyrrole nitrogens is 1. The van der Waals surface area contributed by atoms with Crippen LogP contribution in [0.15, 0.2) is 24.5 Å². The monoisotopic (exact) mass is 355 g/mol. The first-order valence-electron chi connectivity index (χ1n) is 8.73. The quantitative estimate of drug-likeness (QED) is 0.760. The van der Waals surface area contributed by atoms with Crippen molar-refractivity contribution in [3.05, 3.63) is 30.2 Å². The number of hydrogen-bond acceptors (Lipinski definition) is 4. The molecule has 3 aromatic heterocycles. The molecule has 3 aromatic rings. The van der Waals surface area contributed by atoms with Crippen LogP contribution >= 0.6 is 0 Å². The summed E-state index contributed by atoms with van der Waals surface area (Å²) in [5.41, 5.74) is 3.07. The van der Waals surface area contributed by atoms with Gasteiger partial charge in [0.05, 0.1) is 17.0 Å². The van der Waals surface area contributed by atoms with Crippen molar-refractivity contribution in [2.45, 2.75) is 39.8 Å². The van der Waals surface area contributed by atoms with Crippen LogP contribution in [-0.2, 0) is 0 Å². The number of aromatic amines is 1. The van der Waals surface area contributed by atoms with Gasteiger partial charge in [-0.2, -0.15) is 5.10 Å². The maximum absolute atomic E-state index is 12.6. The smallest absolute Gasteiger partial charge is 0.269 e. The summed E-state index contributed by atoms with van der Waals surface area (Å²) in [5.74, 6) is 0.501. The molecule has 0 aromatic carbocycles. The van der Waals surface area contributed by atoms with Gasteiger partial charge in [0.1, 0.15) is 11.4 Å². The Bertz CT molecular complexity index is 937. The van der Waals surface area contributed by atoms with Crippen molar-refractivity contribution < 1.29 is 9.53 Å². The van der Waals surface area contributed by atoms with Crippen molar-refractivity contribution in [1.82, 2.24) is 24.6 Å². The van der Waals surface area contributed by atoms with E-state index < -0.39 is 0 Å². The van der Waals surface area contributed by atoms with Gasteiger partial charge in [-0.3, -0.25) is 9.89 Å². The van der Waals surface area contributed by atoms with Crippen molar-refractivity contribution in [1.29, 1.82) is 0 Å². The summed E-state index contributed by atoms with van der Waals surface area (Å²) in [4.78, 5) is 18.5. The minimum Gasteiger partial charge on any atom is -0.474 e. The number of amides is 1. The van der Waals surface area contributed by atoms with Crippen LogP contribution in [0.25, 0.3) is 22.2 Å². The molecule has 3 heterocycles. The number of carbonyl (C=O) groups is 1. The number of nitrogens with one attached hydrogen (secondary N) is 1. The zero-order valence-electron chi connectivity index (χ0n) is 16.1. The Morgan fingerprint density at radius 1 is 1.27 bits per heavy atom. The van der Waals surface area contributed by atoms with E-state index >= 15 is 0 Å². The highest BCUT2D eigenvalue weighted by Crippen LogP contribution is 2.34. The van der Waals surface area contributed by atoms with Gasteiger partial charge in [-0.15, -0.1) is 0 Å². The minimum absolute atomic E-state index is 0.00184. The summed E-state index contributed by atoms with van der Waals surface area (Å²) in [5, 5.41) is 8.33. The highest BCUT2D eigenvalue weighted by atomic mass is 16.5. The largest absolute Gasteiger partial charge is 0.474 e. The van der Waals surface area contributed by atoms with E-state index in [4.69, 9.17) is 4.74 Å². The Balaban J connectivity index is 2.18. The molecule has 1 N–H and O–H groups in total. The van der Waals surface area contributed by atoms with Crippen molar-refractivity contribution in [3.8, 4) is 17.1 Å². The second-order valence-corrected chi connectivity index (χ2v) is 7.09. The first-order chi connectivity index (χ1) is 12.3. The molecule has 0 fully saturated rings. The summed E-state index contributed by atoms with van der Waals surface area (Å²) < 4.78 is 7.83. The molecule has 0 bridgehead atoms. The first-order valence-corrected chi connectivity index (χ1v) is 8.73. The summed E-state index contributed by atoms with van der Waals surface area (Å²) in [6, 6.07) is 3.89. The van der Waals surface area contributed by atoms with Gasteiger partial charge in [-0.05, 0) is 39.8 Å². The molecular weight excluding hydrogens is 330 g/mol. The molecule has 1 amide bonds. The normalized spacial score (nSPS) is 11.5. The number of fused-ring (bicyclic) bond motifs is 1. The van der Waals surface area contributed by atoms with Crippen LogP contribution in [0.3, 0.4) is 0 Å². The Hall–Kier alpha value is -2.83. The number of ether oxygens (including phenoxy) is 1. The highest BCUT2D eigenvalue weighted by molar-refractivity contribution is 5.99. The van der Waals surface area contributed by atoms with Crippen LogP contribution in [0.4, 0.5) is 0 Å². The van der Waals surface area contributed by atoms with E-state index in [0.717, 1.165) is 22.2 Å². The third-order valence-electron chi connectivity index (χ3n) is 4.09. The van der Waals surface area contributed by atoms with Gasteiger partial charge in [0, 0.05) is 38.1 Å². The van der Waals surface area contributed by atoms with Crippen LogP contribution in [0.2, 0.25) is 0 Å². The Kier molecular flexibility index (Phi) is 4.71. The van der Waals surface area contributed by atoms with E-state index in [9.17, 15) is 4.79 Å². The van der Waals surface area contributed by atoms with Crippen LogP contribution in [-0.4, -0.2) is 50.8 Å². The molecule has 0 saturated heterocycles. The fourth-order valence-electron chi connectivity index (χ4n) is 2.89. The van der Waals surface area contributed by atoms with E-state index in [1.54, 1.807) is 25.2 Å². The molecular formula is C19H25N5O2. The van der Waals surface area contributed by atoms with E-state index in [2.05, 4.69) is 15.2 Å². The van der Waals surface area contributed by atoms with E-state index in [1.807, 2.05) is 50.6 Å². The van der Waals surface area contributed by atoms with Crippen molar-refractivity contribution in [2.24, 2.45) is 0 Å². The Morgan fingerprint density at radius 2 is 2.00 bits per heavy atom. The molecule has 0 aliphatic rings. The number of nitrogens with zero attached hydrogens (tertiary/aromatic N) is 4. The maximum atomic E-state index is 12.6.